The summed E-state index contributed by atoms with van der Waals surface area (Å²) < 4.78 is 9.66. The average Bonchev–Trinajstić information content (AvgIpc) is 3.17. The average molecular weight is 411 g/mol. The molecule has 0 saturated heterocycles. The van der Waals surface area contributed by atoms with Crippen LogP contribution in [0, 0.1) is 6.92 Å². The first-order chi connectivity index (χ1) is 14.1. The lowest BCUT2D eigenvalue weighted by Crippen LogP contribution is -2.26. The number of amides is 1. The van der Waals surface area contributed by atoms with Gasteiger partial charge in [-0.2, -0.15) is 4.98 Å². The highest BCUT2D eigenvalue weighted by Gasteiger charge is 2.12. The van der Waals surface area contributed by atoms with E-state index in [1.807, 2.05) is 30.3 Å². The van der Waals surface area contributed by atoms with Crippen molar-refractivity contribution in [3.05, 3.63) is 76.9 Å². The molecule has 0 unspecified atom stereocenters. The number of carbonyl (C=O) groups excluding carboxylic acids is 2. The number of methoxy groups -OCH3 is 1. The van der Waals surface area contributed by atoms with Crippen LogP contribution in [0.15, 0.2) is 57.9 Å². The first-order valence-corrected chi connectivity index (χ1v) is 10.0. The van der Waals surface area contributed by atoms with Crippen LogP contribution in [0.25, 0.3) is 0 Å². The van der Waals surface area contributed by atoms with Crippen LogP contribution in [0.3, 0.4) is 0 Å². The van der Waals surface area contributed by atoms with Crippen LogP contribution >= 0.6 is 11.8 Å². The molecule has 0 aliphatic carbocycles. The number of carbonyl (C=O) groups is 2. The van der Waals surface area contributed by atoms with Gasteiger partial charge in [0.25, 0.3) is 5.91 Å². The smallest absolute Gasteiger partial charge is 0.337 e. The minimum atomic E-state index is -0.366. The molecule has 150 valence electrons. The standard InChI is InChI=1S/C21H21N3O4S/c1-14-23-19(24-28-14)13-29-18-6-4-3-5-17(18)20(25)22-12-11-15-7-9-16(10-8-15)21(26)27-2/h3-10H,11-13H2,1-2H3,(H,22,25). The lowest BCUT2D eigenvalue weighted by molar-refractivity contribution is 0.0600. The van der Waals surface area contributed by atoms with Crippen LogP contribution in [-0.4, -0.2) is 35.7 Å². The van der Waals surface area contributed by atoms with Gasteiger partial charge in [-0.15, -0.1) is 11.8 Å². The number of ether oxygens (including phenoxy) is 1. The number of hydrogen-bond acceptors (Lipinski definition) is 7. The lowest BCUT2D eigenvalue weighted by atomic mass is 10.1. The maximum atomic E-state index is 12.6. The molecule has 1 heterocycles. The molecule has 1 amide bonds. The molecule has 29 heavy (non-hydrogen) atoms. The van der Waals surface area contributed by atoms with Crippen LogP contribution in [0.1, 0.15) is 38.0 Å². The van der Waals surface area contributed by atoms with Crippen LogP contribution in [0.2, 0.25) is 0 Å². The molecule has 0 saturated carbocycles. The zero-order valence-electron chi connectivity index (χ0n) is 16.2. The Morgan fingerprint density at radius 1 is 1.14 bits per heavy atom. The second-order valence-electron chi connectivity index (χ2n) is 6.21. The van der Waals surface area contributed by atoms with Crippen molar-refractivity contribution >= 4 is 23.6 Å². The fourth-order valence-electron chi connectivity index (χ4n) is 2.66. The number of nitrogens with zero attached hydrogens (tertiary/aromatic N) is 2. The monoisotopic (exact) mass is 411 g/mol. The molecule has 0 atom stereocenters. The van der Waals surface area contributed by atoms with E-state index in [0.29, 0.717) is 41.6 Å². The second kappa shape index (κ2) is 9.88. The van der Waals surface area contributed by atoms with E-state index >= 15 is 0 Å². The maximum Gasteiger partial charge on any atom is 0.337 e. The third-order valence-corrected chi connectivity index (χ3v) is 5.20. The summed E-state index contributed by atoms with van der Waals surface area (Å²) >= 11 is 1.49. The number of rotatable bonds is 8. The van der Waals surface area contributed by atoms with Gasteiger partial charge in [-0.3, -0.25) is 4.79 Å². The van der Waals surface area contributed by atoms with Crippen molar-refractivity contribution in [3.63, 3.8) is 0 Å². The van der Waals surface area contributed by atoms with E-state index in [1.54, 1.807) is 25.1 Å². The van der Waals surface area contributed by atoms with Crippen LogP contribution in [0.5, 0.6) is 0 Å². The van der Waals surface area contributed by atoms with Gasteiger partial charge in [0, 0.05) is 18.4 Å². The Hall–Kier alpha value is -3.13. The number of esters is 1. The third-order valence-electron chi connectivity index (χ3n) is 4.13. The zero-order valence-corrected chi connectivity index (χ0v) is 17.0. The molecule has 0 aliphatic rings. The number of thioether (sulfide) groups is 1. The highest BCUT2D eigenvalue weighted by atomic mass is 32.2. The number of aryl methyl sites for hydroxylation is 1. The normalized spacial score (nSPS) is 10.6. The van der Waals surface area contributed by atoms with E-state index in [9.17, 15) is 9.59 Å². The Bertz CT molecular complexity index is 986. The van der Waals surface area contributed by atoms with Gasteiger partial charge in [0.1, 0.15) is 0 Å². The molecule has 0 bridgehead atoms. The van der Waals surface area contributed by atoms with Gasteiger partial charge in [0.15, 0.2) is 5.82 Å². The molecule has 3 aromatic rings. The van der Waals surface area contributed by atoms with E-state index in [4.69, 9.17) is 4.52 Å². The van der Waals surface area contributed by atoms with Gasteiger partial charge in [0.05, 0.1) is 24.0 Å². The van der Waals surface area contributed by atoms with Crippen LogP contribution < -0.4 is 5.32 Å². The zero-order chi connectivity index (χ0) is 20.6. The fourth-order valence-corrected chi connectivity index (χ4v) is 3.56. The predicted molar refractivity (Wildman–Crippen MR) is 109 cm³/mol. The Balaban J connectivity index is 1.54. The van der Waals surface area contributed by atoms with E-state index in [-0.39, 0.29) is 11.9 Å². The van der Waals surface area contributed by atoms with Gasteiger partial charge in [-0.05, 0) is 36.2 Å². The Labute approximate surface area is 172 Å². The van der Waals surface area contributed by atoms with Crippen molar-refractivity contribution in [2.24, 2.45) is 0 Å². The summed E-state index contributed by atoms with van der Waals surface area (Å²) in [5.74, 6) is 1.14. The molecule has 8 heteroatoms. The van der Waals surface area contributed by atoms with Crippen molar-refractivity contribution in [1.29, 1.82) is 0 Å². The molecule has 3 rings (SSSR count). The van der Waals surface area contributed by atoms with Crippen molar-refractivity contribution in [3.8, 4) is 0 Å². The second-order valence-corrected chi connectivity index (χ2v) is 7.23. The molecule has 0 radical (unpaired) electrons. The van der Waals surface area contributed by atoms with Gasteiger partial charge in [-0.25, -0.2) is 4.79 Å². The molecule has 1 aromatic heterocycles. The molecular weight excluding hydrogens is 390 g/mol. The number of nitrogens with one attached hydrogen (secondary N) is 1. The fraction of sp³-hybridized carbons (Fsp3) is 0.238. The minimum absolute atomic E-state index is 0.136. The summed E-state index contributed by atoms with van der Waals surface area (Å²) in [5.41, 5.74) is 2.13. The van der Waals surface area contributed by atoms with Crippen LogP contribution in [-0.2, 0) is 16.9 Å². The molecule has 7 nitrogen and oxygen atoms in total. The quantitative estimate of drug-likeness (QED) is 0.448. The summed E-state index contributed by atoms with van der Waals surface area (Å²) in [6, 6.07) is 14.6. The molecule has 0 spiro atoms. The highest BCUT2D eigenvalue weighted by Crippen LogP contribution is 2.25. The summed E-state index contributed by atoms with van der Waals surface area (Å²) in [6.07, 6.45) is 0.657. The van der Waals surface area contributed by atoms with E-state index in [1.165, 1.54) is 18.9 Å². The molecule has 0 aliphatic heterocycles. The molecule has 2 aromatic carbocycles. The van der Waals surface area contributed by atoms with E-state index in [2.05, 4.69) is 20.2 Å². The van der Waals surface area contributed by atoms with Crippen molar-refractivity contribution < 1.29 is 18.8 Å². The SMILES string of the molecule is COC(=O)c1ccc(CCNC(=O)c2ccccc2SCc2noc(C)n2)cc1. The minimum Gasteiger partial charge on any atom is -0.465 e. The Morgan fingerprint density at radius 2 is 1.90 bits per heavy atom. The van der Waals surface area contributed by atoms with Crippen molar-refractivity contribution in [2.45, 2.75) is 24.0 Å². The van der Waals surface area contributed by atoms with Gasteiger partial charge in [-0.1, -0.05) is 29.4 Å². The molecule has 1 N–H and O–H groups in total. The highest BCUT2D eigenvalue weighted by molar-refractivity contribution is 7.98. The van der Waals surface area contributed by atoms with Gasteiger partial charge < -0.3 is 14.6 Å². The van der Waals surface area contributed by atoms with Crippen LogP contribution in [0.4, 0.5) is 0 Å². The predicted octanol–water partition coefficient (Wildman–Crippen LogP) is 3.43. The summed E-state index contributed by atoms with van der Waals surface area (Å²) in [7, 11) is 1.35. The Kier molecular flexibility index (Phi) is 7.02. The maximum absolute atomic E-state index is 12.6. The molecule has 0 fully saturated rings. The summed E-state index contributed by atoms with van der Waals surface area (Å²) in [6.45, 7) is 2.23. The van der Waals surface area contributed by atoms with Gasteiger partial charge >= 0.3 is 5.97 Å². The largest absolute Gasteiger partial charge is 0.465 e. The van der Waals surface area contributed by atoms with Crippen molar-refractivity contribution in [1.82, 2.24) is 15.5 Å². The molecular formula is C21H21N3O4S. The van der Waals surface area contributed by atoms with Gasteiger partial charge in [0.2, 0.25) is 5.89 Å². The number of benzene rings is 2. The summed E-state index contributed by atoms with van der Waals surface area (Å²) in [4.78, 5) is 29.1. The first kappa shape index (κ1) is 20.6. The Morgan fingerprint density at radius 3 is 2.59 bits per heavy atom. The number of hydrogen-bond donors (Lipinski definition) is 1. The number of aromatic nitrogens is 2. The topological polar surface area (TPSA) is 94.3 Å². The first-order valence-electron chi connectivity index (χ1n) is 9.03. The summed E-state index contributed by atoms with van der Waals surface area (Å²) in [5, 5.41) is 6.82. The van der Waals surface area contributed by atoms with E-state index < -0.39 is 0 Å². The van der Waals surface area contributed by atoms with E-state index in [0.717, 1.165) is 10.5 Å². The third kappa shape index (κ3) is 5.68. The van der Waals surface area contributed by atoms with Crippen molar-refractivity contribution in [2.75, 3.05) is 13.7 Å². The lowest BCUT2D eigenvalue weighted by Gasteiger charge is -2.09.